The van der Waals surface area contributed by atoms with Gasteiger partial charge in [-0.05, 0) is 56.9 Å². The molecule has 0 bridgehead atoms. The van der Waals surface area contributed by atoms with Crippen molar-refractivity contribution in [2.45, 2.75) is 70.2 Å². The first-order valence-corrected chi connectivity index (χ1v) is 9.84. The van der Waals surface area contributed by atoms with Gasteiger partial charge in [0.1, 0.15) is 0 Å². The first-order chi connectivity index (χ1) is 12.4. The molecule has 0 saturated heterocycles. The topological polar surface area (TPSA) is 47.9 Å². The van der Waals surface area contributed by atoms with Gasteiger partial charge >= 0.3 is 0 Å². The molecule has 0 radical (unpaired) electrons. The molecule has 0 amide bonds. The van der Waals surface area contributed by atoms with Gasteiger partial charge < -0.3 is 19.3 Å². The molecular formula is C21H34O4. The van der Waals surface area contributed by atoms with Crippen LogP contribution in [0, 0.1) is 0 Å². The molecule has 1 aromatic carbocycles. The molecular weight excluding hydrogens is 316 g/mol. The SMILES string of the molecule is OCCCCCOCCCCCOC1CC(OCc2ccccc2)C1. The van der Waals surface area contributed by atoms with E-state index in [0.717, 1.165) is 71.2 Å². The number of hydrogen-bond donors (Lipinski definition) is 1. The normalized spacial score (nSPS) is 19.7. The molecule has 1 saturated carbocycles. The molecule has 0 aliphatic heterocycles. The van der Waals surface area contributed by atoms with Crippen LogP contribution in [0.1, 0.15) is 56.9 Å². The summed E-state index contributed by atoms with van der Waals surface area (Å²) in [4.78, 5) is 0. The predicted octanol–water partition coefficient (Wildman–Crippen LogP) is 4.10. The van der Waals surface area contributed by atoms with Crippen LogP contribution in [0.15, 0.2) is 30.3 Å². The van der Waals surface area contributed by atoms with E-state index in [4.69, 9.17) is 19.3 Å². The smallest absolute Gasteiger partial charge is 0.0720 e. The van der Waals surface area contributed by atoms with Gasteiger partial charge in [0.15, 0.2) is 0 Å². The molecule has 2 rings (SSSR count). The Balaban J connectivity index is 1.32. The van der Waals surface area contributed by atoms with Crippen molar-refractivity contribution in [2.75, 3.05) is 26.4 Å². The number of hydrogen-bond acceptors (Lipinski definition) is 4. The van der Waals surface area contributed by atoms with E-state index in [2.05, 4.69) is 12.1 Å². The summed E-state index contributed by atoms with van der Waals surface area (Å²) >= 11 is 0. The maximum atomic E-state index is 8.68. The molecule has 0 unspecified atom stereocenters. The lowest BCUT2D eigenvalue weighted by molar-refractivity contribution is -0.107. The molecule has 0 spiro atoms. The van der Waals surface area contributed by atoms with Crippen LogP contribution >= 0.6 is 0 Å². The third-order valence-corrected chi connectivity index (χ3v) is 4.61. The Morgan fingerprint density at radius 2 is 1.40 bits per heavy atom. The van der Waals surface area contributed by atoms with Gasteiger partial charge in [0, 0.05) is 26.4 Å². The van der Waals surface area contributed by atoms with Crippen molar-refractivity contribution in [3.8, 4) is 0 Å². The summed E-state index contributed by atoms with van der Waals surface area (Å²) < 4.78 is 17.4. The molecule has 25 heavy (non-hydrogen) atoms. The van der Waals surface area contributed by atoms with Gasteiger partial charge in [-0.2, -0.15) is 0 Å². The van der Waals surface area contributed by atoms with Gasteiger partial charge in [-0.3, -0.25) is 0 Å². The molecule has 0 atom stereocenters. The number of rotatable bonds is 15. The number of benzene rings is 1. The summed E-state index contributed by atoms with van der Waals surface area (Å²) in [6, 6.07) is 10.3. The van der Waals surface area contributed by atoms with E-state index in [-0.39, 0.29) is 0 Å². The van der Waals surface area contributed by atoms with Crippen LogP contribution in [0.5, 0.6) is 0 Å². The van der Waals surface area contributed by atoms with Gasteiger partial charge in [0.2, 0.25) is 0 Å². The summed E-state index contributed by atoms with van der Waals surface area (Å²) in [5.74, 6) is 0. The van der Waals surface area contributed by atoms with Crippen LogP contribution in [0.25, 0.3) is 0 Å². The van der Waals surface area contributed by atoms with Gasteiger partial charge in [-0.25, -0.2) is 0 Å². The van der Waals surface area contributed by atoms with Crippen LogP contribution < -0.4 is 0 Å². The highest BCUT2D eigenvalue weighted by Crippen LogP contribution is 2.27. The zero-order valence-corrected chi connectivity index (χ0v) is 15.4. The van der Waals surface area contributed by atoms with Crippen molar-refractivity contribution in [1.29, 1.82) is 0 Å². The Kier molecular flexibility index (Phi) is 10.8. The quantitative estimate of drug-likeness (QED) is 0.484. The summed E-state index contributed by atoms with van der Waals surface area (Å²) in [6.45, 7) is 3.52. The number of aliphatic hydroxyl groups is 1. The summed E-state index contributed by atoms with van der Waals surface area (Å²) in [7, 11) is 0. The average molecular weight is 350 g/mol. The van der Waals surface area contributed by atoms with Crippen molar-refractivity contribution in [3.63, 3.8) is 0 Å². The second-order valence-electron chi connectivity index (χ2n) is 6.84. The Morgan fingerprint density at radius 3 is 2.12 bits per heavy atom. The molecule has 0 aromatic heterocycles. The number of ether oxygens (including phenoxy) is 3. The minimum Gasteiger partial charge on any atom is -0.396 e. The fourth-order valence-electron chi connectivity index (χ4n) is 2.91. The minimum atomic E-state index is 0.293. The van der Waals surface area contributed by atoms with Gasteiger partial charge in [0.25, 0.3) is 0 Å². The summed E-state index contributed by atoms with van der Waals surface area (Å²) in [6.07, 6.45) is 9.20. The third kappa shape index (κ3) is 9.36. The molecule has 1 aromatic rings. The van der Waals surface area contributed by atoms with Crippen LogP contribution in [0.2, 0.25) is 0 Å². The zero-order chi connectivity index (χ0) is 17.6. The maximum Gasteiger partial charge on any atom is 0.0720 e. The molecule has 0 heterocycles. The van der Waals surface area contributed by atoms with Crippen molar-refractivity contribution in [3.05, 3.63) is 35.9 Å². The van der Waals surface area contributed by atoms with Crippen molar-refractivity contribution < 1.29 is 19.3 Å². The van der Waals surface area contributed by atoms with Crippen LogP contribution in [-0.2, 0) is 20.8 Å². The van der Waals surface area contributed by atoms with E-state index in [1.54, 1.807) is 0 Å². The number of unbranched alkanes of at least 4 members (excludes halogenated alkanes) is 4. The predicted molar refractivity (Wildman–Crippen MR) is 99.6 cm³/mol. The maximum absolute atomic E-state index is 8.68. The Labute approximate surface area is 152 Å². The van der Waals surface area contributed by atoms with E-state index < -0.39 is 0 Å². The van der Waals surface area contributed by atoms with Crippen molar-refractivity contribution in [2.24, 2.45) is 0 Å². The highest BCUT2D eigenvalue weighted by Gasteiger charge is 2.30. The minimum absolute atomic E-state index is 0.293. The molecule has 1 aliphatic carbocycles. The Morgan fingerprint density at radius 1 is 0.760 bits per heavy atom. The molecule has 1 aliphatic rings. The van der Waals surface area contributed by atoms with E-state index in [9.17, 15) is 0 Å². The Bertz CT molecular complexity index is 417. The first-order valence-electron chi connectivity index (χ1n) is 9.84. The monoisotopic (exact) mass is 350 g/mol. The second-order valence-corrected chi connectivity index (χ2v) is 6.84. The van der Waals surface area contributed by atoms with Gasteiger partial charge in [-0.15, -0.1) is 0 Å². The van der Waals surface area contributed by atoms with E-state index in [0.29, 0.717) is 25.4 Å². The standard InChI is InChI=1S/C21H34O4/c22-12-6-2-7-13-23-14-8-3-9-15-24-20-16-21(17-20)25-18-19-10-4-1-5-11-19/h1,4-5,10-11,20-22H,2-3,6-9,12-18H2. The fourth-order valence-corrected chi connectivity index (χ4v) is 2.91. The van der Waals surface area contributed by atoms with Gasteiger partial charge in [0.05, 0.1) is 18.8 Å². The molecule has 1 N–H and O–H groups in total. The van der Waals surface area contributed by atoms with Crippen molar-refractivity contribution >= 4 is 0 Å². The fraction of sp³-hybridized carbons (Fsp3) is 0.714. The third-order valence-electron chi connectivity index (χ3n) is 4.61. The van der Waals surface area contributed by atoms with Crippen LogP contribution in [0.3, 0.4) is 0 Å². The highest BCUT2D eigenvalue weighted by molar-refractivity contribution is 5.13. The van der Waals surface area contributed by atoms with Crippen LogP contribution in [0.4, 0.5) is 0 Å². The Hall–Kier alpha value is -0.940. The van der Waals surface area contributed by atoms with Gasteiger partial charge in [-0.1, -0.05) is 30.3 Å². The summed E-state index contributed by atoms with van der Waals surface area (Å²) in [5.41, 5.74) is 1.24. The zero-order valence-electron chi connectivity index (χ0n) is 15.4. The average Bonchev–Trinajstić information content (AvgIpc) is 2.61. The lowest BCUT2D eigenvalue weighted by atomic mass is 9.92. The molecule has 4 nitrogen and oxygen atoms in total. The van der Waals surface area contributed by atoms with E-state index >= 15 is 0 Å². The molecule has 4 heteroatoms. The molecule has 1 fully saturated rings. The summed E-state index contributed by atoms with van der Waals surface area (Å²) in [5, 5.41) is 8.68. The lowest BCUT2D eigenvalue weighted by Gasteiger charge is -2.35. The van der Waals surface area contributed by atoms with Crippen LogP contribution in [-0.4, -0.2) is 43.7 Å². The lowest BCUT2D eigenvalue weighted by Crippen LogP contribution is -2.37. The highest BCUT2D eigenvalue weighted by atomic mass is 16.5. The van der Waals surface area contributed by atoms with E-state index in [1.807, 2.05) is 18.2 Å². The largest absolute Gasteiger partial charge is 0.396 e. The molecule has 142 valence electrons. The first kappa shape index (κ1) is 20.4. The number of aliphatic hydroxyl groups excluding tert-OH is 1. The second kappa shape index (κ2) is 13.3. The van der Waals surface area contributed by atoms with Crippen molar-refractivity contribution in [1.82, 2.24) is 0 Å². The van der Waals surface area contributed by atoms with E-state index in [1.165, 1.54) is 5.56 Å².